The smallest absolute Gasteiger partial charge is 0.276 e. The van der Waals surface area contributed by atoms with E-state index in [0.717, 1.165) is 5.56 Å². The quantitative estimate of drug-likeness (QED) is 0.848. The molecule has 4 nitrogen and oxygen atoms in total. The Kier molecular flexibility index (Phi) is 6.42. The molecule has 0 radical (unpaired) electrons. The maximum absolute atomic E-state index is 5.93. The summed E-state index contributed by atoms with van der Waals surface area (Å²) < 4.78 is 5.38. The molecule has 0 aliphatic rings. The van der Waals surface area contributed by atoms with Crippen molar-refractivity contribution in [2.45, 2.75) is 23.9 Å². The third kappa shape index (κ3) is 4.54. The zero-order valence-corrected chi connectivity index (χ0v) is 13.1. The van der Waals surface area contributed by atoms with E-state index < -0.39 is 0 Å². The molecule has 1 atom stereocenters. The first-order chi connectivity index (χ1) is 8.56. The molecule has 19 heavy (non-hydrogen) atoms. The van der Waals surface area contributed by atoms with E-state index in [4.69, 9.17) is 33.4 Å². The Balaban J connectivity index is 0.00000180. The van der Waals surface area contributed by atoms with Gasteiger partial charge < -0.3 is 10.2 Å². The van der Waals surface area contributed by atoms with Crippen molar-refractivity contribution in [2.24, 2.45) is 5.73 Å². The minimum atomic E-state index is -0.253. The number of halogens is 3. The number of nitrogens with zero attached hydrogens (tertiary/aromatic N) is 2. The third-order valence-electron chi connectivity index (χ3n) is 2.16. The van der Waals surface area contributed by atoms with Crippen LogP contribution < -0.4 is 5.73 Å². The van der Waals surface area contributed by atoms with Gasteiger partial charge in [0.25, 0.3) is 5.22 Å². The lowest BCUT2D eigenvalue weighted by molar-refractivity contribution is 0.394. The molecule has 2 aromatic rings. The van der Waals surface area contributed by atoms with E-state index in [1.54, 1.807) is 13.0 Å². The van der Waals surface area contributed by atoms with Crippen molar-refractivity contribution in [3.05, 3.63) is 39.7 Å². The van der Waals surface area contributed by atoms with E-state index in [-0.39, 0.29) is 18.4 Å². The lowest BCUT2D eigenvalue weighted by atomic mass is 10.2. The molecule has 0 saturated heterocycles. The standard InChI is InChI=1S/C11H11Cl2N3OS.ClH/c1-6(14)10-15-16-11(17-10)18-5-7-2-3-8(12)9(13)4-7;/h2-4,6H,5,14H2,1H3;1H/t6-;/m1./s1. The summed E-state index contributed by atoms with van der Waals surface area (Å²) in [5.41, 5.74) is 6.67. The molecule has 0 spiro atoms. The summed E-state index contributed by atoms with van der Waals surface area (Å²) in [6, 6.07) is 5.24. The first-order valence-corrected chi connectivity index (χ1v) is 6.96. The van der Waals surface area contributed by atoms with Gasteiger partial charge in [-0.1, -0.05) is 41.0 Å². The van der Waals surface area contributed by atoms with Gasteiger partial charge in [0, 0.05) is 5.75 Å². The van der Waals surface area contributed by atoms with Crippen LogP contribution in [0.5, 0.6) is 0 Å². The number of aromatic nitrogens is 2. The molecular weight excluding hydrogens is 329 g/mol. The second kappa shape index (κ2) is 7.36. The maximum atomic E-state index is 5.93. The Morgan fingerprint density at radius 2 is 2.05 bits per heavy atom. The van der Waals surface area contributed by atoms with Crippen LogP contribution in [0.25, 0.3) is 0 Å². The number of thioether (sulfide) groups is 1. The first kappa shape index (κ1) is 16.6. The predicted molar refractivity (Wildman–Crippen MR) is 80.2 cm³/mol. The molecule has 1 heterocycles. The molecule has 0 aliphatic carbocycles. The van der Waals surface area contributed by atoms with Gasteiger partial charge in [0.1, 0.15) is 0 Å². The minimum Gasteiger partial charge on any atom is -0.414 e. The summed E-state index contributed by atoms with van der Waals surface area (Å²) in [5.74, 6) is 1.11. The molecule has 0 amide bonds. The van der Waals surface area contributed by atoms with Crippen LogP contribution in [0.1, 0.15) is 24.4 Å². The Morgan fingerprint density at radius 1 is 1.32 bits per heavy atom. The molecule has 2 N–H and O–H groups in total. The van der Waals surface area contributed by atoms with Crippen molar-refractivity contribution < 1.29 is 4.42 Å². The zero-order valence-electron chi connectivity index (χ0n) is 9.97. The molecule has 0 unspecified atom stereocenters. The van der Waals surface area contributed by atoms with Crippen LogP contribution in [0, 0.1) is 0 Å². The van der Waals surface area contributed by atoms with Crippen LogP contribution in [0.4, 0.5) is 0 Å². The summed E-state index contributed by atoms with van der Waals surface area (Å²) in [6.45, 7) is 1.79. The Bertz CT molecular complexity index is 548. The maximum Gasteiger partial charge on any atom is 0.276 e. The second-order valence-corrected chi connectivity index (χ2v) is 5.47. The second-order valence-electron chi connectivity index (χ2n) is 3.73. The van der Waals surface area contributed by atoms with Gasteiger partial charge in [-0.05, 0) is 24.6 Å². The fourth-order valence-electron chi connectivity index (χ4n) is 1.24. The molecule has 1 aromatic carbocycles. The van der Waals surface area contributed by atoms with Gasteiger partial charge >= 0.3 is 0 Å². The summed E-state index contributed by atoms with van der Waals surface area (Å²) in [7, 11) is 0. The third-order valence-corrected chi connectivity index (χ3v) is 3.79. The van der Waals surface area contributed by atoms with Crippen molar-refractivity contribution in [1.29, 1.82) is 0 Å². The van der Waals surface area contributed by atoms with Gasteiger partial charge in [-0.3, -0.25) is 0 Å². The van der Waals surface area contributed by atoms with Crippen LogP contribution in [0.2, 0.25) is 10.0 Å². The molecule has 1 aromatic heterocycles. The number of hydrogen-bond donors (Lipinski definition) is 1. The van der Waals surface area contributed by atoms with Gasteiger partial charge in [-0.2, -0.15) is 0 Å². The fourth-order valence-corrected chi connectivity index (χ4v) is 2.27. The summed E-state index contributed by atoms with van der Waals surface area (Å²) in [5, 5.41) is 9.33. The van der Waals surface area contributed by atoms with Crippen LogP contribution in [0.15, 0.2) is 27.8 Å². The zero-order chi connectivity index (χ0) is 13.1. The monoisotopic (exact) mass is 339 g/mol. The van der Waals surface area contributed by atoms with Gasteiger partial charge in [0.2, 0.25) is 5.89 Å². The van der Waals surface area contributed by atoms with E-state index in [1.807, 2.05) is 12.1 Å². The van der Waals surface area contributed by atoms with Gasteiger partial charge in [0.15, 0.2) is 0 Å². The predicted octanol–water partition coefficient (Wildman–Crippen LogP) is 4.11. The molecular formula is C11H12Cl3N3OS. The highest BCUT2D eigenvalue weighted by Gasteiger charge is 2.10. The van der Waals surface area contributed by atoms with Gasteiger partial charge in [-0.15, -0.1) is 22.6 Å². The van der Waals surface area contributed by atoms with Crippen molar-refractivity contribution in [2.75, 3.05) is 0 Å². The van der Waals surface area contributed by atoms with E-state index in [0.29, 0.717) is 26.9 Å². The SMILES string of the molecule is C[C@@H](N)c1nnc(SCc2ccc(Cl)c(Cl)c2)o1.Cl. The van der Waals surface area contributed by atoms with Gasteiger partial charge in [0.05, 0.1) is 16.1 Å². The van der Waals surface area contributed by atoms with Crippen LogP contribution >= 0.6 is 47.4 Å². The first-order valence-electron chi connectivity index (χ1n) is 5.22. The largest absolute Gasteiger partial charge is 0.414 e. The molecule has 0 aliphatic heterocycles. The molecule has 0 bridgehead atoms. The highest BCUT2D eigenvalue weighted by atomic mass is 35.5. The van der Waals surface area contributed by atoms with Crippen molar-refractivity contribution in [1.82, 2.24) is 10.2 Å². The van der Waals surface area contributed by atoms with Crippen molar-refractivity contribution in [3.63, 3.8) is 0 Å². The van der Waals surface area contributed by atoms with E-state index >= 15 is 0 Å². The molecule has 8 heteroatoms. The number of rotatable bonds is 4. The number of hydrogen-bond acceptors (Lipinski definition) is 5. The molecule has 104 valence electrons. The Hall–Kier alpha value is -0.460. The highest BCUT2D eigenvalue weighted by molar-refractivity contribution is 7.98. The van der Waals surface area contributed by atoms with E-state index in [2.05, 4.69) is 10.2 Å². The van der Waals surface area contributed by atoms with Crippen molar-refractivity contribution >= 4 is 47.4 Å². The lowest BCUT2D eigenvalue weighted by Gasteiger charge is -2.01. The lowest BCUT2D eigenvalue weighted by Crippen LogP contribution is -2.04. The van der Waals surface area contributed by atoms with Crippen LogP contribution in [-0.4, -0.2) is 10.2 Å². The normalized spacial score (nSPS) is 12.0. The van der Waals surface area contributed by atoms with Crippen LogP contribution in [0.3, 0.4) is 0 Å². The van der Waals surface area contributed by atoms with E-state index in [1.165, 1.54) is 11.8 Å². The highest BCUT2D eigenvalue weighted by Crippen LogP contribution is 2.27. The topological polar surface area (TPSA) is 64.9 Å². The van der Waals surface area contributed by atoms with Crippen LogP contribution in [-0.2, 0) is 5.75 Å². The average Bonchev–Trinajstić information content (AvgIpc) is 2.79. The Morgan fingerprint density at radius 3 is 2.63 bits per heavy atom. The molecule has 2 rings (SSSR count). The number of benzene rings is 1. The van der Waals surface area contributed by atoms with Gasteiger partial charge in [-0.25, -0.2) is 0 Å². The summed E-state index contributed by atoms with van der Waals surface area (Å²) in [4.78, 5) is 0. The van der Waals surface area contributed by atoms with E-state index in [9.17, 15) is 0 Å². The number of nitrogens with two attached hydrogens (primary N) is 1. The molecule has 0 fully saturated rings. The van der Waals surface area contributed by atoms with Crippen molar-refractivity contribution in [3.8, 4) is 0 Å². The summed E-state index contributed by atoms with van der Waals surface area (Å²) in [6.07, 6.45) is 0. The average molecular weight is 341 g/mol. The summed E-state index contributed by atoms with van der Waals surface area (Å²) >= 11 is 13.2. The fraction of sp³-hybridized carbons (Fsp3) is 0.273. The Labute approximate surface area is 131 Å². The molecule has 0 saturated carbocycles. The minimum absolute atomic E-state index is 0.